The summed E-state index contributed by atoms with van der Waals surface area (Å²) >= 11 is 6.25. The molecule has 1 saturated carbocycles. The third-order valence-corrected chi connectivity index (χ3v) is 6.79. The Morgan fingerprint density at radius 2 is 1.81 bits per heavy atom. The standard InChI is InChI=1S/C28H23ClFN3O4/c29-23-17-31-33(25(23)32-27(36)37-15-12-18-4-2-1-3-5-18)21-9-6-19(7-10-21)22-11-8-20(16-24(22)30)28(13-14-28)26(34)35/h1-11,16-17H,12-15H2,(H,32,36)(H,34,35). The monoisotopic (exact) mass is 519 g/mol. The van der Waals surface area contributed by atoms with Gasteiger partial charge in [-0.3, -0.25) is 10.1 Å². The topological polar surface area (TPSA) is 93.5 Å². The maximum atomic E-state index is 14.9. The van der Waals surface area contributed by atoms with Crippen LogP contribution in [0.1, 0.15) is 24.0 Å². The van der Waals surface area contributed by atoms with Crippen LogP contribution in [0.3, 0.4) is 0 Å². The zero-order chi connectivity index (χ0) is 26.0. The Morgan fingerprint density at radius 1 is 1.08 bits per heavy atom. The van der Waals surface area contributed by atoms with Crippen LogP contribution in [0.25, 0.3) is 16.8 Å². The van der Waals surface area contributed by atoms with Crippen molar-refractivity contribution in [1.29, 1.82) is 0 Å². The number of hydrogen-bond donors (Lipinski definition) is 2. The molecule has 1 aliphatic carbocycles. The van der Waals surface area contributed by atoms with Gasteiger partial charge in [-0.2, -0.15) is 5.10 Å². The van der Waals surface area contributed by atoms with Gasteiger partial charge in [-0.25, -0.2) is 13.9 Å². The highest BCUT2D eigenvalue weighted by molar-refractivity contribution is 6.33. The largest absolute Gasteiger partial charge is 0.481 e. The first-order valence-corrected chi connectivity index (χ1v) is 12.1. The third kappa shape index (κ3) is 5.06. The Morgan fingerprint density at radius 3 is 2.46 bits per heavy atom. The zero-order valence-electron chi connectivity index (χ0n) is 19.7. The van der Waals surface area contributed by atoms with E-state index in [9.17, 15) is 19.1 Å². The number of anilines is 1. The van der Waals surface area contributed by atoms with Crippen molar-refractivity contribution in [2.75, 3.05) is 11.9 Å². The number of hydrogen-bond acceptors (Lipinski definition) is 4. The number of nitrogens with zero attached hydrogens (tertiary/aromatic N) is 2. The highest BCUT2D eigenvalue weighted by atomic mass is 35.5. The van der Waals surface area contributed by atoms with E-state index < -0.39 is 23.3 Å². The van der Waals surface area contributed by atoms with E-state index in [-0.39, 0.29) is 17.4 Å². The lowest BCUT2D eigenvalue weighted by Crippen LogP contribution is -2.19. The van der Waals surface area contributed by atoms with Gasteiger partial charge in [0, 0.05) is 12.0 Å². The lowest BCUT2D eigenvalue weighted by atomic mass is 9.93. The Hall–Kier alpha value is -4.17. The summed E-state index contributed by atoms with van der Waals surface area (Å²) in [6, 6.07) is 21.1. The minimum absolute atomic E-state index is 0.203. The number of carbonyl (C=O) groups is 2. The number of benzene rings is 3. The third-order valence-electron chi connectivity index (χ3n) is 6.52. The Kier molecular flexibility index (Phi) is 6.67. The second-order valence-electron chi connectivity index (χ2n) is 8.88. The van der Waals surface area contributed by atoms with E-state index in [2.05, 4.69) is 10.4 Å². The predicted octanol–water partition coefficient (Wildman–Crippen LogP) is 6.24. The summed E-state index contributed by atoms with van der Waals surface area (Å²) in [5.74, 6) is -1.16. The number of halogens is 2. The van der Waals surface area contributed by atoms with E-state index in [0.717, 1.165) is 5.56 Å². The molecule has 9 heteroatoms. The quantitative estimate of drug-likeness (QED) is 0.287. The van der Waals surface area contributed by atoms with Crippen molar-refractivity contribution in [1.82, 2.24) is 9.78 Å². The molecule has 1 aliphatic rings. The van der Waals surface area contributed by atoms with Gasteiger partial charge in [0.1, 0.15) is 10.8 Å². The second-order valence-corrected chi connectivity index (χ2v) is 9.29. The molecule has 0 atom stereocenters. The Balaban J connectivity index is 1.28. The first kappa shape index (κ1) is 24.5. The van der Waals surface area contributed by atoms with Crippen LogP contribution in [-0.4, -0.2) is 33.6 Å². The summed E-state index contributed by atoms with van der Waals surface area (Å²) in [6.45, 7) is 0.203. The summed E-state index contributed by atoms with van der Waals surface area (Å²) in [7, 11) is 0. The van der Waals surface area contributed by atoms with Crippen LogP contribution in [0, 0.1) is 5.82 Å². The molecule has 0 bridgehead atoms. The number of carboxylic acids is 1. The molecule has 1 aromatic heterocycles. The van der Waals surface area contributed by atoms with Crippen LogP contribution in [0.15, 0.2) is 79.0 Å². The van der Waals surface area contributed by atoms with Crippen molar-refractivity contribution in [3.05, 3.63) is 101 Å². The van der Waals surface area contributed by atoms with Crippen molar-refractivity contribution in [3.8, 4) is 16.8 Å². The van der Waals surface area contributed by atoms with Crippen LogP contribution < -0.4 is 5.32 Å². The summed E-state index contributed by atoms with van der Waals surface area (Å²) in [5.41, 5.74) is 2.13. The molecule has 1 heterocycles. The van der Waals surface area contributed by atoms with E-state index in [1.807, 2.05) is 30.3 Å². The summed E-state index contributed by atoms with van der Waals surface area (Å²) in [6.07, 6.45) is 2.35. The van der Waals surface area contributed by atoms with Gasteiger partial charge in [-0.15, -0.1) is 0 Å². The number of carboxylic acid groups (broad SMARTS) is 1. The number of aromatic nitrogens is 2. The minimum Gasteiger partial charge on any atom is -0.481 e. The van der Waals surface area contributed by atoms with E-state index in [1.54, 1.807) is 36.4 Å². The smallest absolute Gasteiger partial charge is 0.412 e. The zero-order valence-corrected chi connectivity index (χ0v) is 20.4. The number of nitrogens with one attached hydrogen (secondary N) is 1. The average molecular weight is 520 g/mol. The molecule has 3 aromatic carbocycles. The minimum atomic E-state index is -0.964. The molecular formula is C28H23ClFN3O4. The molecule has 0 aliphatic heterocycles. The van der Waals surface area contributed by atoms with E-state index in [1.165, 1.54) is 16.9 Å². The maximum Gasteiger partial charge on any atom is 0.412 e. The van der Waals surface area contributed by atoms with Crippen LogP contribution in [-0.2, 0) is 21.4 Å². The number of ether oxygens (including phenoxy) is 1. The lowest BCUT2D eigenvalue weighted by Gasteiger charge is -2.13. The fourth-order valence-electron chi connectivity index (χ4n) is 4.26. The summed E-state index contributed by atoms with van der Waals surface area (Å²) in [5, 5.41) is 16.6. The molecule has 0 unspecified atom stereocenters. The average Bonchev–Trinajstić information content (AvgIpc) is 3.64. The molecular weight excluding hydrogens is 497 g/mol. The maximum absolute atomic E-state index is 14.9. The van der Waals surface area contributed by atoms with Crippen LogP contribution in [0.5, 0.6) is 0 Å². The highest BCUT2D eigenvalue weighted by Crippen LogP contribution is 2.49. The summed E-state index contributed by atoms with van der Waals surface area (Å²) < 4.78 is 21.6. The second kappa shape index (κ2) is 10.1. The van der Waals surface area contributed by atoms with Gasteiger partial charge in [-0.05, 0) is 47.7 Å². The Bertz CT molecular complexity index is 1450. The van der Waals surface area contributed by atoms with Gasteiger partial charge in [0.2, 0.25) is 0 Å². The normalized spacial score (nSPS) is 13.7. The number of rotatable bonds is 8. The number of carbonyl (C=O) groups excluding carboxylic acids is 1. The molecule has 0 radical (unpaired) electrons. The van der Waals surface area contributed by atoms with Crippen molar-refractivity contribution in [3.63, 3.8) is 0 Å². The van der Waals surface area contributed by atoms with Gasteiger partial charge < -0.3 is 9.84 Å². The van der Waals surface area contributed by atoms with Crippen molar-refractivity contribution < 1.29 is 23.8 Å². The first-order chi connectivity index (χ1) is 17.9. The van der Waals surface area contributed by atoms with E-state index >= 15 is 0 Å². The molecule has 1 amide bonds. The molecule has 1 fully saturated rings. The molecule has 2 N–H and O–H groups in total. The van der Waals surface area contributed by atoms with Crippen molar-refractivity contribution >= 4 is 29.5 Å². The van der Waals surface area contributed by atoms with Crippen LogP contribution >= 0.6 is 11.6 Å². The van der Waals surface area contributed by atoms with Crippen LogP contribution in [0.2, 0.25) is 5.02 Å². The Labute approximate surface area is 217 Å². The first-order valence-electron chi connectivity index (χ1n) is 11.7. The van der Waals surface area contributed by atoms with Crippen molar-refractivity contribution in [2.24, 2.45) is 0 Å². The van der Waals surface area contributed by atoms with E-state index in [0.29, 0.717) is 41.6 Å². The molecule has 4 aromatic rings. The molecule has 0 spiro atoms. The summed E-state index contributed by atoms with van der Waals surface area (Å²) in [4.78, 5) is 23.9. The molecule has 0 saturated heterocycles. The number of amides is 1. The molecule has 5 rings (SSSR count). The number of aliphatic carboxylic acids is 1. The fourth-order valence-corrected chi connectivity index (χ4v) is 4.43. The van der Waals surface area contributed by atoms with E-state index in [4.69, 9.17) is 16.3 Å². The van der Waals surface area contributed by atoms with Gasteiger partial charge in [0.25, 0.3) is 0 Å². The van der Waals surface area contributed by atoms with Crippen molar-refractivity contribution in [2.45, 2.75) is 24.7 Å². The van der Waals surface area contributed by atoms with Gasteiger partial charge in [0.15, 0.2) is 5.82 Å². The molecule has 188 valence electrons. The molecule has 37 heavy (non-hydrogen) atoms. The van der Waals surface area contributed by atoms with Gasteiger partial charge >= 0.3 is 12.1 Å². The van der Waals surface area contributed by atoms with Gasteiger partial charge in [-0.1, -0.05) is 66.2 Å². The predicted molar refractivity (Wildman–Crippen MR) is 138 cm³/mol. The lowest BCUT2D eigenvalue weighted by molar-refractivity contribution is -0.140. The fraction of sp³-hybridized carbons (Fsp3) is 0.179. The SMILES string of the molecule is O=C(Nc1c(Cl)cnn1-c1ccc(-c2ccc(C3(C(=O)O)CC3)cc2F)cc1)OCCc1ccccc1. The van der Waals surface area contributed by atoms with Crippen LogP contribution in [0.4, 0.5) is 15.0 Å². The highest BCUT2D eigenvalue weighted by Gasteiger charge is 2.51. The molecule has 7 nitrogen and oxygen atoms in total. The van der Waals surface area contributed by atoms with Gasteiger partial charge in [0.05, 0.1) is 23.9 Å².